The fourth-order valence-corrected chi connectivity index (χ4v) is 2.84. The highest BCUT2D eigenvalue weighted by molar-refractivity contribution is 5.48. The maximum absolute atomic E-state index is 3.54. The van der Waals surface area contributed by atoms with Crippen LogP contribution in [-0.4, -0.2) is 18.6 Å². The van der Waals surface area contributed by atoms with E-state index in [0.29, 0.717) is 5.41 Å². The molecule has 2 heteroatoms. The second kappa shape index (κ2) is 5.77. The van der Waals surface area contributed by atoms with Gasteiger partial charge in [-0.15, -0.1) is 0 Å². The summed E-state index contributed by atoms with van der Waals surface area (Å²) in [6.45, 7) is 14.7. The van der Waals surface area contributed by atoms with Gasteiger partial charge < -0.3 is 10.2 Å². The lowest BCUT2D eigenvalue weighted by molar-refractivity contribution is 0.293. The average Bonchev–Trinajstić information content (AvgIpc) is 2.35. The normalized spacial score (nSPS) is 19.1. The molecule has 0 radical (unpaired) electrons. The Hall–Kier alpha value is -1.02. The monoisotopic (exact) mass is 274 g/mol. The first-order chi connectivity index (χ1) is 9.25. The van der Waals surface area contributed by atoms with Crippen molar-refractivity contribution in [1.29, 1.82) is 0 Å². The van der Waals surface area contributed by atoms with Gasteiger partial charge >= 0.3 is 0 Å². The number of anilines is 1. The Labute approximate surface area is 124 Å². The van der Waals surface area contributed by atoms with Gasteiger partial charge in [0, 0.05) is 30.9 Å². The third-order valence-electron chi connectivity index (χ3n) is 4.02. The largest absolute Gasteiger partial charge is 0.371 e. The maximum Gasteiger partial charge on any atom is 0.0366 e. The van der Waals surface area contributed by atoms with Crippen molar-refractivity contribution in [3.8, 4) is 0 Å². The van der Waals surface area contributed by atoms with Crippen LogP contribution < -0.4 is 10.2 Å². The van der Waals surface area contributed by atoms with Gasteiger partial charge in [0.1, 0.15) is 0 Å². The number of nitrogens with one attached hydrogen (secondary N) is 1. The molecule has 0 saturated carbocycles. The molecule has 1 fully saturated rings. The minimum Gasteiger partial charge on any atom is -0.371 e. The molecule has 1 saturated heterocycles. The van der Waals surface area contributed by atoms with Gasteiger partial charge in [-0.2, -0.15) is 0 Å². The highest BCUT2D eigenvalue weighted by Crippen LogP contribution is 2.31. The van der Waals surface area contributed by atoms with Crippen molar-refractivity contribution in [2.24, 2.45) is 5.41 Å². The zero-order valence-corrected chi connectivity index (χ0v) is 13.8. The average molecular weight is 274 g/mol. The van der Waals surface area contributed by atoms with Crippen LogP contribution in [0.25, 0.3) is 0 Å². The fraction of sp³-hybridized carbons (Fsp3) is 0.667. The summed E-state index contributed by atoms with van der Waals surface area (Å²) in [5, 5.41) is 3.54. The smallest absolute Gasteiger partial charge is 0.0366 e. The van der Waals surface area contributed by atoms with Crippen molar-refractivity contribution < 1.29 is 0 Å². The molecule has 112 valence electrons. The van der Waals surface area contributed by atoms with Crippen LogP contribution in [0.15, 0.2) is 24.3 Å². The maximum atomic E-state index is 3.54. The molecule has 0 aromatic heterocycles. The molecule has 0 aliphatic carbocycles. The molecule has 0 amide bonds. The molecule has 0 spiro atoms. The van der Waals surface area contributed by atoms with Crippen molar-refractivity contribution in [1.82, 2.24) is 5.32 Å². The molecule has 1 aliphatic rings. The molecule has 1 heterocycles. The second-order valence-corrected chi connectivity index (χ2v) is 7.96. The Morgan fingerprint density at radius 1 is 1.15 bits per heavy atom. The highest BCUT2D eigenvalue weighted by atomic mass is 15.1. The summed E-state index contributed by atoms with van der Waals surface area (Å²) in [7, 11) is 0. The van der Waals surface area contributed by atoms with Crippen LogP contribution in [0.2, 0.25) is 0 Å². The number of nitrogens with zero attached hydrogens (tertiary/aromatic N) is 1. The van der Waals surface area contributed by atoms with Gasteiger partial charge in [0.2, 0.25) is 0 Å². The van der Waals surface area contributed by atoms with Gasteiger partial charge in [0.25, 0.3) is 0 Å². The quantitative estimate of drug-likeness (QED) is 0.888. The van der Waals surface area contributed by atoms with Crippen LogP contribution in [-0.2, 0) is 6.54 Å². The first-order valence-electron chi connectivity index (χ1n) is 7.84. The van der Waals surface area contributed by atoms with E-state index in [-0.39, 0.29) is 5.54 Å². The number of rotatable bonds is 3. The lowest BCUT2D eigenvalue weighted by atomic mass is 9.84. The molecule has 20 heavy (non-hydrogen) atoms. The lowest BCUT2D eigenvalue weighted by Gasteiger charge is -2.39. The van der Waals surface area contributed by atoms with Gasteiger partial charge in [-0.1, -0.05) is 26.0 Å². The van der Waals surface area contributed by atoms with Crippen LogP contribution >= 0.6 is 0 Å². The zero-order chi connectivity index (χ0) is 14.8. The first-order valence-corrected chi connectivity index (χ1v) is 7.84. The van der Waals surface area contributed by atoms with E-state index in [2.05, 4.69) is 69.1 Å². The van der Waals surface area contributed by atoms with Gasteiger partial charge in [0.15, 0.2) is 0 Å². The first kappa shape index (κ1) is 15.4. The second-order valence-electron chi connectivity index (χ2n) is 7.96. The van der Waals surface area contributed by atoms with E-state index in [4.69, 9.17) is 0 Å². The molecule has 1 aromatic rings. The Morgan fingerprint density at radius 3 is 2.35 bits per heavy atom. The number of piperidine rings is 1. The molecule has 2 nitrogen and oxygen atoms in total. The topological polar surface area (TPSA) is 15.3 Å². The molecular formula is C18H30N2. The SMILES string of the molecule is CC1(C)CCCN(c2ccc(CNC(C)(C)C)cc2)C1. The summed E-state index contributed by atoms with van der Waals surface area (Å²) in [6.07, 6.45) is 2.65. The zero-order valence-electron chi connectivity index (χ0n) is 13.8. The number of hydrogen-bond donors (Lipinski definition) is 1. The summed E-state index contributed by atoms with van der Waals surface area (Å²) >= 11 is 0. The van der Waals surface area contributed by atoms with Gasteiger partial charge in [-0.25, -0.2) is 0 Å². The van der Waals surface area contributed by atoms with E-state index in [1.807, 2.05) is 0 Å². The van der Waals surface area contributed by atoms with Crippen LogP contribution in [0.4, 0.5) is 5.69 Å². The minimum absolute atomic E-state index is 0.176. The number of benzene rings is 1. The van der Waals surface area contributed by atoms with E-state index in [1.165, 1.54) is 37.2 Å². The van der Waals surface area contributed by atoms with Crippen LogP contribution in [0.3, 0.4) is 0 Å². The Morgan fingerprint density at radius 2 is 1.80 bits per heavy atom. The standard InChI is InChI=1S/C18H30N2/c1-17(2,3)19-13-15-7-9-16(10-8-15)20-12-6-11-18(4,5)14-20/h7-10,19H,6,11-14H2,1-5H3. The van der Waals surface area contributed by atoms with Gasteiger partial charge in [-0.3, -0.25) is 0 Å². The minimum atomic E-state index is 0.176. The summed E-state index contributed by atoms with van der Waals surface area (Å²) < 4.78 is 0. The summed E-state index contributed by atoms with van der Waals surface area (Å²) in [6, 6.07) is 9.08. The van der Waals surface area contributed by atoms with Crippen LogP contribution in [0.1, 0.15) is 53.0 Å². The van der Waals surface area contributed by atoms with E-state index in [1.54, 1.807) is 0 Å². The predicted molar refractivity (Wildman–Crippen MR) is 88.3 cm³/mol. The third-order valence-corrected chi connectivity index (χ3v) is 4.02. The predicted octanol–water partition coefficient (Wildman–Crippen LogP) is 4.20. The van der Waals surface area contributed by atoms with E-state index < -0.39 is 0 Å². The molecule has 0 unspecified atom stereocenters. The van der Waals surface area contributed by atoms with Crippen LogP contribution in [0.5, 0.6) is 0 Å². The third kappa shape index (κ3) is 4.52. The number of hydrogen-bond acceptors (Lipinski definition) is 2. The van der Waals surface area contributed by atoms with Crippen molar-refractivity contribution in [2.45, 2.75) is 59.5 Å². The van der Waals surface area contributed by atoms with Crippen molar-refractivity contribution in [2.75, 3.05) is 18.0 Å². The van der Waals surface area contributed by atoms with E-state index in [9.17, 15) is 0 Å². The lowest BCUT2D eigenvalue weighted by Crippen LogP contribution is -2.40. The molecule has 0 bridgehead atoms. The Kier molecular flexibility index (Phi) is 4.43. The van der Waals surface area contributed by atoms with Gasteiger partial charge in [-0.05, 0) is 56.7 Å². The fourth-order valence-electron chi connectivity index (χ4n) is 2.84. The van der Waals surface area contributed by atoms with Crippen molar-refractivity contribution >= 4 is 5.69 Å². The highest BCUT2D eigenvalue weighted by Gasteiger charge is 2.26. The molecule has 0 atom stereocenters. The molecule has 1 aromatic carbocycles. The molecular weight excluding hydrogens is 244 g/mol. The summed E-state index contributed by atoms with van der Waals surface area (Å²) in [4.78, 5) is 2.53. The van der Waals surface area contributed by atoms with E-state index >= 15 is 0 Å². The van der Waals surface area contributed by atoms with Crippen LogP contribution in [0, 0.1) is 5.41 Å². The molecule has 1 N–H and O–H groups in total. The Bertz CT molecular complexity index is 426. The van der Waals surface area contributed by atoms with Crippen molar-refractivity contribution in [3.63, 3.8) is 0 Å². The molecule has 2 rings (SSSR count). The van der Waals surface area contributed by atoms with E-state index in [0.717, 1.165) is 6.54 Å². The molecule has 1 aliphatic heterocycles. The van der Waals surface area contributed by atoms with Gasteiger partial charge in [0.05, 0.1) is 0 Å². The summed E-state index contributed by atoms with van der Waals surface area (Å²) in [5.74, 6) is 0. The Balaban J connectivity index is 1.97. The summed E-state index contributed by atoms with van der Waals surface area (Å²) in [5.41, 5.74) is 3.36. The van der Waals surface area contributed by atoms with Crippen molar-refractivity contribution in [3.05, 3.63) is 29.8 Å².